The molecule has 21 heavy (non-hydrogen) atoms. The third kappa shape index (κ3) is 2.46. The van der Waals surface area contributed by atoms with Gasteiger partial charge in [0.25, 0.3) is 0 Å². The van der Waals surface area contributed by atoms with E-state index >= 15 is 0 Å². The number of rotatable bonds is 2. The number of nitrogens with zero attached hydrogens (tertiary/aromatic N) is 2. The SMILES string of the molecule is COc1ccc(N2C(N)=NCC23CC(C)OC(C)C3)cc1. The largest absolute Gasteiger partial charge is 0.497 e. The highest BCUT2D eigenvalue weighted by Gasteiger charge is 2.47. The maximum atomic E-state index is 6.18. The van der Waals surface area contributed by atoms with Crippen LogP contribution in [0, 0.1) is 0 Å². The average molecular weight is 289 g/mol. The third-order valence-corrected chi connectivity index (χ3v) is 4.37. The molecular weight excluding hydrogens is 266 g/mol. The zero-order valence-corrected chi connectivity index (χ0v) is 12.9. The summed E-state index contributed by atoms with van der Waals surface area (Å²) in [6.07, 6.45) is 2.31. The molecule has 2 unspecified atom stereocenters. The van der Waals surface area contributed by atoms with Crippen molar-refractivity contribution in [2.24, 2.45) is 10.7 Å². The van der Waals surface area contributed by atoms with Gasteiger partial charge in [-0.2, -0.15) is 0 Å². The van der Waals surface area contributed by atoms with Gasteiger partial charge in [-0.15, -0.1) is 0 Å². The second kappa shape index (κ2) is 5.22. The minimum atomic E-state index is -0.0598. The lowest BCUT2D eigenvalue weighted by Crippen LogP contribution is -2.57. The summed E-state index contributed by atoms with van der Waals surface area (Å²) in [5.74, 6) is 1.44. The molecule has 2 atom stereocenters. The van der Waals surface area contributed by atoms with Crippen molar-refractivity contribution in [1.29, 1.82) is 0 Å². The van der Waals surface area contributed by atoms with E-state index in [1.54, 1.807) is 7.11 Å². The predicted molar refractivity (Wildman–Crippen MR) is 83.9 cm³/mol. The molecule has 1 aromatic carbocycles. The Balaban J connectivity index is 1.94. The molecule has 3 rings (SSSR count). The van der Waals surface area contributed by atoms with Gasteiger partial charge in [-0.25, -0.2) is 0 Å². The van der Waals surface area contributed by atoms with E-state index in [0.717, 1.165) is 30.8 Å². The second-order valence-corrected chi connectivity index (χ2v) is 6.10. The number of anilines is 1. The molecule has 0 amide bonds. The van der Waals surface area contributed by atoms with Gasteiger partial charge in [0.05, 0.1) is 31.4 Å². The highest BCUT2D eigenvalue weighted by molar-refractivity contribution is 5.98. The minimum absolute atomic E-state index is 0.0598. The van der Waals surface area contributed by atoms with Crippen molar-refractivity contribution in [3.63, 3.8) is 0 Å². The molecule has 1 saturated heterocycles. The van der Waals surface area contributed by atoms with Crippen molar-refractivity contribution in [3.8, 4) is 5.75 Å². The molecule has 0 radical (unpaired) electrons. The Morgan fingerprint density at radius 3 is 2.43 bits per heavy atom. The first-order chi connectivity index (χ1) is 10.0. The van der Waals surface area contributed by atoms with E-state index < -0.39 is 0 Å². The first-order valence-corrected chi connectivity index (χ1v) is 7.44. The first kappa shape index (κ1) is 14.2. The summed E-state index contributed by atoms with van der Waals surface area (Å²) in [7, 11) is 1.67. The number of nitrogens with two attached hydrogens (primary N) is 1. The van der Waals surface area contributed by atoms with Crippen LogP contribution in [0.1, 0.15) is 26.7 Å². The van der Waals surface area contributed by atoms with Gasteiger partial charge in [0, 0.05) is 5.69 Å². The van der Waals surface area contributed by atoms with Gasteiger partial charge in [-0.05, 0) is 51.0 Å². The van der Waals surface area contributed by atoms with Crippen molar-refractivity contribution < 1.29 is 9.47 Å². The lowest BCUT2D eigenvalue weighted by molar-refractivity contribution is -0.0559. The molecule has 2 heterocycles. The number of hydrogen-bond acceptors (Lipinski definition) is 5. The molecular formula is C16H23N3O2. The van der Waals surface area contributed by atoms with Crippen LogP contribution in [-0.2, 0) is 4.74 Å². The summed E-state index contributed by atoms with van der Waals surface area (Å²) in [5, 5.41) is 0. The molecule has 2 aliphatic heterocycles. The fraction of sp³-hybridized carbons (Fsp3) is 0.562. The molecule has 0 aliphatic carbocycles. The van der Waals surface area contributed by atoms with E-state index in [1.165, 1.54) is 0 Å². The van der Waals surface area contributed by atoms with Crippen molar-refractivity contribution in [1.82, 2.24) is 0 Å². The van der Waals surface area contributed by atoms with Gasteiger partial charge in [0.15, 0.2) is 5.96 Å². The van der Waals surface area contributed by atoms with E-state index in [0.29, 0.717) is 5.96 Å². The van der Waals surface area contributed by atoms with E-state index in [4.69, 9.17) is 15.2 Å². The van der Waals surface area contributed by atoms with E-state index in [9.17, 15) is 0 Å². The van der Waals surface area contributed by atoms with Crippen LogP contribution in [0.25, 0.3) is 0 Å². The fourth-order valence-corrected chi connectivity index (χ4v) is 3.71. The number of hydrogen-bond donors (Lipinski definition) is 1. The van der Waals surface area contributed by atoms with Crippen LogP contribution in [0.15, 0.2) is 29.3 Å². The van der Waals surface area contributed by atoms with Crippen LogP contribution in [0.3, 0.4) is 0 Å². The standard InChI is InChI=1S/C16H23N3O2/c1-11-8-16(9-12(2)21-11)10-18-15(17)19(16)13-4-6-14(20-3)7-5-13/h4-7,11-12H,8-10H2,1-3H3,(H2,17,18). The van der Waals surface area contributed by atoms with Gasteiger partial charge in [-0.1, -0.05) is 0 Å². The molecule has 1 spiro atoms. The molecule has 0 saturated carbocycles. The van der Waals surface area contributed by atoms with E-state index in [2.05, 4.69) is 23.7 Å². The van der Waals surface area contributed by atoms with Crippen LogP contribution in [0.5, 0.6) is 5.75 Å². The summed E-state index contributed by atoms with van der Waals surface area (Å²) in [6, 6.07) is 8.00. The Labute approximate surface area is 125 Å². The first-order valence-electron chi connectivity index (χ1n) is 7.44. The monoisotopic (exact) mass is 289 g/mol. The van der Waals surface area contributed by atoms with Gasteiger partial charge in [-0.3, -0.25) is 4.99 Å². The molecule has 2 N–H and O–H groups in total. The summed E-state index contributed by atoms with van der Waals surface area (Å²) in [6.45, 7) is 4.99. The number of guanidine groups is 1. The lowest BCUT2D eigenvalue weighted by Gasteiger charge is -2.46. The fourth-order valence-electron chi connectivity index (χ4n) is 3.71. The van der Waals surface area contributed by atoms with Gasteiger partial charge < -0.3 is 20.1 Å². The Bertz CT molecular complexity index is 531. The number of aliphatic imine (C=N–C) groups is 1. The predicted octanol–water partition coefficient (Wildman–Crippen LogP) is 2.16. The lowest BCUT2D eigenvalue weighted by atomic mass is 9.83. The topological polar surface area (TPSA) is 60.1 Å². The van der Waals surface area contributed by atoms with Crippen LogP contribution in [0.4, 0.5) is 5.69 Å². The van der Waals surface area contributed by atoms with Crippen molar-refractivity contribution in [2.45, 2.75) is 44.4 Å². The van der Waals surface area contributed by atoms with Gasteiger partial charge in [0.2, 0.25) is 0 Å². The Morgan fingerprint density at radius 2 is 1.86 bits per heavy atom. The normalized spacial score (nSPS) is 32.3. The Morgan fingerprint density at radius 1 is 1.24 bits per heavy atom. The van der Waals surface area contributed by atoms with Gasteiger partial charge >= 0.3 is 0 Å². The number of methoxy groups -OCH3 is 1. The van der Waals surface area contributed by atoms with Crippen LogP contribution >= 0.6 is 0 Å². The van der Waals surface area contributed by atoms with Crippen LogP contribution in [-0.4, -0.2) is 37.4 Å². The third-order valence-electron chi connectivity index (χ3n) is 4.37. The zero-order chi connectivity index (χ0) is 15.0. The minimum Gasteiger partial charge on any atom is -0.497 e. The molecule has 5 nitrogen and oxygen atoms in total. The average Bonchev–Trinajstić information content (AvgIpc) is 2.74. The highest BCUT2D eigenvalue weighted by Crippen LogP contribution is 2.40. The number of benzene rings is 1. The van der Waals surface area contributed by atoms with Gasteiger partial charge in [0.1, 0.15) is 5.75 Å². The zero-order valence-electron chi connectivity index (χ0n) is 12.9. The van der Waals surface area contributed by atoms with Crippen LogP contribution in [0.2, 0.25) is 0 Å². The van der Waals surface area contributed by atoms with Crippen molar-refractivity contribution >= 4 is 11.6 Å². The van der Waals surface area contributed by atoms with Crippen LogP contribution < -0.4 is 15.4 Å². The maximum absolute atomic E-state index is 6.18. The van der Waals surface area contributed by atoms with Crippen molar-refractivity contribution in [2.75, 3.05) is 18.6 Å². The molecule has 1 fully saturated rings. The van der Waals surface area contributed by atoms with Crippen molar-refractivity contribution in [3.05, 3.63) is 24.3 Å². The molecule has 5 heteroatoms. The molecule has 1 aromatic rings. The summed E-state index contributed by atoms with van der Waals surface area (Å²) >= 11 is 0. The quantitative estimate of drug-likeness (QED) is 0.906. The molecule has 114 valence electrons. The highest BCUT2D eigenvalue weighted by atomic mass is 16.5. The molecule has 0 aromatic heterocycles. The summed E-state index contributed by atoms with van der Waals surface area (Å²) in [5.41, 5.74) is 7.19. The van der Waals surface area contributed by atoms with E-state index in [1.807, 2.05) is 24.3 Å². The van der Waals surface area contributed by atoms with E-state index in [-0.39, 0.29) is 17.7 Å². The number of ether oxygens (including phenoxy) is 2. The smallest absolute Gasteiger partial charge is 0.196 e. The Kier molecular flexibility index (Phi) is 3.53. The summed E-state index contributed by atoms with van der Waals surface area (Å²) in [4.78, 5) is 6.70. The molecule has 2 aliphatic rings. The summed E-state index contributed by atoms with van der Waals surface area (Å²) < 4.78 is 11.1. The molecule has 0 bridgehead atoms. The maximum Gasteiger partial charge on any atom is 0.196 e. The Hall–Kier alpha value is -1.75. The second-order valence-electron chi connectivity index (χ2n) is 6.10.